The maximum atomic E-state index is 11.6. The van der Waals surface area contributed by atoms with Crippen molar-refractivity contribution in [1.82, 2.24) is 0 Å². The standard InChI is InChI=1S/C22H18O3/c1-13-15-7-3-4-8-16(15)20(12-23)19-11-21(25-14(2)24)17-9-5-6-10-18(17)22(13)19/h3-11,23H,12H2,1-2H3. The number of fused-ring (bicyclic) bond motifs is 4. The number of aliphatic hydroxyl groups excluding tert-OH is 1. The Morgan fingerprint density at radius 2 is 1.52 bits per heavy atom. The summed E-state index contributed by atoms with van der Waals surface area (Å²) in [6, 6.07) is 17.9. The van der Waals surface area contributed by atoms with Gasteiger partial charge in [0.2, 0.25) is 0 Å². The van der Waals surface area contributed by atoms with Crippen molar-refractivity contribution in [3.63, 3.8) is 0 Å². The number of ether oxygens (including phenoxy) is 1. The first-order chi connectivity index (χ1) is 12.1. The van der Waals surface area contributed by atoms with Crippen LogP contribution in [0.25, 0.3) is 32.3 Å². The summed E-state index contributed by atoms with van der Waals surface area (Å²) in [4.78, 5) is 11.6. The fourth-order valence-corrected chi connectivity index (χ4v) is 3.75. The molecule has 0 heterocycles. The molecule has 4 aromatic rings. The van der Waals surface area contributed by atoms with Gasteiger partial charge in [-0.25, -0.2) is 0 Å². The zero-order valence-electron chi connectivity index (χ0n) is 14.2. The summed E-state index contributed by atoms with van der Waals surface area (Å²) >= 11 is 0. The number of carbonyl (C=O) groups is 1. The van der Waals surface area contributed by atoms with Crippen molar-refractivity contribution in [3.8, 4) is 5.75 Å². The molecule has 3 nitrogen and oxygen atoms in total. The first-order valence-electron chi connectivity index (χ1n) is 8.26. The first-order valence-corrected chi connectivity index (χ1v) is 8.26. The van der Waals surface area contributed by atoms with E-state index in [1.807, 2.05) is 48.5 Å². The quantitative estimate of drug-likeness (QED) is 0.247. The number of hydrogen-bond acceptors (Lipinski definition) is 3. The van der Waals surface area contributed by atoms with Gasteiger partial charge in [-0.1, -0.05) is 48.5 Å². The number of aliphatic hydroxyl groups is 1. The molecule has 4 rings (SSSR count). The lowest BCUT2D eigenvalue weighted by molar-refractivity contribution is -0.131. The lowest BCUT2D eigenvalue weighted by Gasteiger charge is -2.17. The Labute approximate surface area is 145 Å². The fourth-order valence-electron chi connectivity index (χ4n) is 3.75. The second kappa shape index (κ2) is 5.87. The van der Waals surface area contributed by atoms with Crippen molar-refractivity contribution in [3.05, 3.63) is 65.7 Å². The van der Waals surface area contributed by atoms with Crippen molar-refractivity contribution in [2.24, 2.45) is 0 Å². The monoisotopic (exact) mass is 330 g/mol. The number of benzene rings is 4. The Morgan fingerprint density at radius 1 is 0.920 bits per heavy atom. The normalized spacial score (nSPS) is 11.3. The van der Waals surface area contributed by atoms with Crippen molar-refractivity contribution >= 4 is 38.3 Å². The molecule has 0 saturated carbocycles. The van der Waals surface area contributed by atoms with E-state index in [-0.39, 0.29) is 12.6 Å². The van der Waals surface area contributed by atoms with Crippen LogP contribution in [0.15, 0.2) is 54.6 Å². The number of esters is 1. The summed E-state index contributed by atoms with van der Waals surface area (Å²) in [6.07, 6.45) is 0. The van der Waals surface area contributed by atoms with Gasteiger partial charge >= 0.3 is 5.97 Å². The number of hydrogen-bond donors (Lipinski definition) is 1. The summed E-state index contributed by atoms with van der Waals surface area (Å²) in [5.41, 5.74) is 2.02. The van der Waals surface area contributed by atoms with Crippen molar-refractivity contribution in [2.45, 2.75) is 20.5 Å². The molecule has 0 amide bonds. The summed E-state index contributed by atoms with van der Waals surface area (Å²) in [7, 11) is 0. The lowest BCUT2D eigenvalue weighted by atomic mass is 9.89. The number of aryl methyl sites for hydroxylation is 1. The van der Waals surface area contributed by atoms with Crippen LogP contribution in [0, 0.1) is 6.92 Å². The molecule has 4 aromatic carbocycles. The molecule has 0 fully saturated rings. The molecule has 0 unspecified atom stereocenters. The zero-order chi connectivity index (χ0) is 17.6. The third-order valence-electron chi connectivity index (χ3n) is 4.77. The average Bonchev–Trinajstić information content (AvgIpc) is 2.62. The third-order valence-corrected chi connectivity index (χ3v) is 4.77. The van der Waals surface area contributed by atoms with E-state index in [0.29, 0.717) is 5.75 Å². The third kappa shape index (κ3) is 2.36. The van der Waals surface area contributed by atoms with Crippen LogP contribution in [0.3, 0.4) is 0 Å². The molecule has 25 heavy (non-hydrogen) atoms. The van der Waals surface area contributed by atoms with Crippen LogP contribution in [0.4, 0.5) is 0 Å². The summed E-state index contributed by atoms with van der Waals surface area (Å²) < 4.78 is 5.47. The van der Waals surface area contributed by atoms with Crippen LogP contribution in [0.5, 0.6) is 5.75 Å². The fraction of sp³-hybridized carbons (Fsp3) is 0.136. The Kier molecular flexibility index (Phi) is 3.66. The van der Waals surface area contributed by atoms with Gasteiger partial charge in [0.15, 0.2) is 0 Å². The van der Waals surface area contributed by atoms with E-state index in [1.54, 1.807) is 0 Å². The average molecular weight is 330 g/mol. The van der Waals surface area contributed by atoms with Gasteiger partial charge in [0.1, 0.15) is 5.75 Å². The summed E-state index contributed by atoms with van der Waals surface area (Å²) in [6.45, 7) is 3.43. The van der Waals surface area contributed by atoms with Crippen molar-refractivity contribution < 1.29 is 14.6 Å². The van der Waals surface area contributed by atoms with Crippen LogP contribution in [-0.2, 0) is 11.4 Å². The summed E-state index contributed by atoms with van der Waals surface area (Å²) in [5, 5.41) is 16.2. The molecule has 0 radical (unpaired) electrons. The molecule has 0 saturated heterocycles. The van der Waals surface area contributed by atoms with Crippen LogP contribution in [-0.4, -0.2) is 11.1 Å². The second-order valence-corrected chi connectivity index (χ2v) is 6.24. The van der Waals surface area contributed by atoms with Crippen molar-refractivity contribution in [2.75, 3.05) is 0 Å². The number of carbonyl (C=O) groups excluding carboxylic acids is 1. The molecule has 0 atom stereocenters. The van der Waals surface area contributed by atoms with Gasteiger partial charge in [-0.15, -0.1) is 0 Å². The Hall–Kier alpha value is -2.91. The minimum Gasteiger partial charge on any atom is -0.426 e. The molecular weight excluding hydrogens is 312 g/mol. The highest BCUT2D eigenvalue weighted by Crippen LogP contribution is 2.40. The molecule has 0 aliphatic rings. The van der Waals surface area contributed by atoms with E-state index < -0.39 is 0 Å². The SMILES string of the molecule is CC(=O)Oc1cc2c(CO)c3ccccc3c(C)c2c2ccccc12. The molecule has 0 bridgehead atoms. The summed E-state index contributed by atoms with van der Waals surface area (Å²) in [5.74, 6) is 0.174. The Morgan fingerprint density at radius 3 is 2.16 bits per heavy atom. The van der Waals surface area contributed by atoms with Crippen molar-refractivity contribution in [1.29, 1.82) is 0 Å². The van der Waals surface area contributed by atoms with Crippen LogP contribution >= 0.6 is 0 Å². The minimum absolute atomic E-state index is 0.0743. The molecule has 0 aliphatic carbocycles. The van der Waals surface area contributed by atoms with Gasteiger partial charge in [0.25, 0.3) is 0 Å². The van der Waals surface area contributed by atoms with Crippen LogP contribution in [0.1, 0.15) is 18.1 Å². The van der Waals surface area contributed by atoms with Gasteiger partial charge in [-0.3, -0.25) is 4.79 Å². The lowest BCUT2D eigenvalue weighted by Crippen LogP contribution is -2.03. The molecule has 0 aromatic heterocycles. The maximum Gasteiger partial charge on any atom is 0.308 e. The Balaban J connectivity index is 2.29. The maximum absolute atomic E-state index is 11.6. The predicted molar refractivity (Wildman–Crippen MR) is 101 cm³/mol. The van der Waals surface area contributed by atoms with Crippen LogP contribution in [0.2, 0.25) is 0 Å². The van der Waals surface area contributed by atoms with E-state index in [1.165, 1.54) is 6.92 Å². The molecular formula is C22H18O3. The van der Waals surface area contributed by atoms with Gasteiger partial charge in [-0.05, 0) is 51.0 Å². The van der Waals surface area contributed by atoms with Gasteiger partial charge in [0.05, 0.1) is 6.61 Å². The highest BCUT2D eigenvalue weighted by atomic mass is 16.5. The minimum atomic E-state index is -0.354. The van der Waals surface area contributed by atoms with Gasteiger partial charge in [-0.2, -0.15) is 0 Å². The van der Waals surface area contributed by atoms with E-state index in [0.717, 1.165) is 43.4 Å². The predicted octanol–water partition coefficient (Wildman–Crippen LogP) is 4.87. The molecule has 0 spiro atoms. The van der Waals surface area contributed by atoms with E-state index in [2.05, 4.69) is 13.0 Å². The number of rotatable bonds is 2. The van der Waals surface area contributed by atoms with E-state index in [9.17, 15) is 9.90 Å². The molecule has 1 N–H and O–H groups in total. The zero-order valence-corrected chi connectivity index (χ0v) is 14.2. The van der Waals surface area contributed by atoms with E-state index >= 15 is 0 Å². The van der Waals surface area contributed by atoms with Gasteiger partial charge in [0, 0.05) is 12.3 Å². The largest absolute Gasteiger partial charge is 0.426 e. The highest BCUT2D eigenvalue weighted by molar-refractivity contribution is 6.18. The molecule has 0 aliphatic heterocycles. The smallest absolute Gasteiger partial charge is 0.308 e. The molecule has 124 valence electrons. The molecule has 3 heteroatoms. The highest BCUT2D eigenvalue weighted by Gasteiger charge is 2.16. The van der Waals surface area contributed by atoms with Crippen LogP contribution < -0.4 is 4.74 Å². The first kappa shape index (κ1) is 15.6. The van der Waals surface area contributed by atoms with Gasteiger partial charge < -0.3 is 9.84 Å². The Bertz CT molecular complexity index is 1140. The topological polar surface area (TPSA) is 46.5 Å². The van der Waals surface area contributed by atoms with E-state index in [4.69, 9.17) is 4.74 Å². The second-order valence-electron chi connectivity index (χ2n) is 6.24.